The fourth-order valence-electron chi connectivity index (χ4n) is 1.28. The molecule has 0 saturated heterocycles. The highest BCUT2D eigenvalue weighted by Crippen LogP contribution is 2.19. The molecule has 0 aliphatic carbocycles. The SMILES string of the molecule is Cc1ccc(C(O)C(O)C(O)CO)cc1. The molecule has 1 aromatic rings. The number of aryl methyl sites for hydroxylation is 1. The number of aliphatic hydroxyl groups is 4. The molecule has 0 amide bonds. The Kier molecular flexibility index (Phi) is 4.23. The zero-order valence-electron chi connectivity index (χ0n) is 8.54. The highest BCUT2D eigenvalue weighted by molar-refractivity contribution is 5.23. The second kappa shape index (κ2) is 5.23. The smallest absolute Gasteiger partial charge is 0.112 e. The van der Waals surface area contributed by atoms with Crippen molar-refractivity contribution in [2.75, 3.05) is 6.61 Å². The molecule has 0 aliphatic rings. The van der Waals surface area contributed by atoms with Crippen LogP contribution in [-0.2, 0) is 0 Å². The summed E-state index contributed by atoms with van der Waals surface area (Å²) in [7, 11) is 0. The Morgan fingerprint density at radius 1 is 1.07 bits per heavy atom. The minimum absolute atomic E-state index is 0.514. The molecule has 0 aliphatic heterocycles. The molecule has 4 N–H and O–H groups in total. The minimum Gasteiger partial charge on any atom is -0.394 e. The molecule has 0 bridgehead atoms. The summed E-state index contributed by atoms with van der Waals surface area (Å²) in [6, 6.07) is 6.95. The molecule has 0 saturated carbocycles. The van der Waals surface area contributed by atoms with E-state index in [1.807, 2.05) is 6.92 Å². The molecule has 1 aromatic carbocycles. The Morgan fingerprint density at radius 2 is 1.60 bits per heavy atom. The van der Waals surface area contributed by atoms with Crippen LogP contribution in [0.1, 0.15) is 17.2 Å². The van der Waals surface area contributed by atoms with Crippen LogP contribution in [0.25, 0.3) is 0 Å². The molecule has 15 heavy (non-hydrogen) atoms. The molecule has 0 radical (unpaired) electrons. The predicted octanol–water partition coefficient (Wildman–Crippen LogP) is -0.257. The Hall–Kier alpha value is -0.940. The summed E-state index contributed by atoms with van der Waals surface area (Å²) in [6.07, 6.45) is -3.90. The van der Waals surface area contributed by atoms with Gasteiger partial charge in [0.2, 0.25) is 0 Å². The zero-order chi connectivity index (χ0) is 11.4. The van der Waals surface area contributed by atoms with Crippen molar-refractivity contribution in [1.82, 2.24) is 0 Å². The van der Waals surface area contributed by atoms with Crippen LogP contribution in [0.3, 0.4) is 0 Å². The molecule has 0 spiro atoms. The summed E-state index contributed by atoms with van der Waals surface area (Å²) in [6.45, 7) is 1.33. The van der Waals surface area contributed by atoms with Crippen molar-refractivity contribution in [3.63, 3.8) is 0 Å². The maximum absolute atomic E-state index is 9.66. The minimum atomic E-state index is -1.38. The molecule has 3 unspecified atom stereocenters. The van der Waals surface area contributed by atoms with Gasteiger partial charge in [-0.1, -0.05) is 29.8 Å². The Morgan fingerprint density at radius 3 is 2.07 bits per heavy atom. The van der Waals surface area contributed by atoms with Gasteiger partial charge in [-0.25, -0.2) is 0 Å². The molecular weight excluding hydrogens is 196 g/mol. The summed E-state index contributed by atoms with van der Waals surface area (Å²) in [5, 5.41) is 36.9. The lowest BCUT2D eigenvalue weighted by atomic mass is 10.00. The van der Waals surface area contributed by atoms with Gasteiger partial charge in [-0.05, 0) is 12.5 Å². The van der Waals surface area contributed by atoms with Crippen LogP contribution in [0.15, 0.2) is 24.3 Å². The number of hydrogen-bond acceptors (Lipinski definition) is 4. The van der Waals surface area contributed by atoms with E-state index >= 15 is 0 Å². The van der Waals surface area contributed by atoms with E-state index < -0.39 is 24.9 Å². The van der Waals surface area contributed by atoms with Gasteiger partial charge < -0.3 is 20.4 Å². The van der Waals surface area contributed by atoms with E-state index in [0.29, 0.717) is 5.56 Å². The summed E-state index contributed by atoms with van der Waals surface area (Å²) in [5.41, 5.74) is 1.56. The molecule has 84 valence electrons. The lowest BCUT2D eigenvalue weighted by Gasteiger charge is -2.21. The van der Waals surface area contributed by atoms with Crippen LogP contribution in [0.4, 0.5) is 0 Å². The van der Waals surface area contributed by atoms with Gasteiger partial charge in [-0.3, -0.25) is 0 Å². The Labute approximate surface area is 88.4 Å². The van der Waals surface area contributed by atoms with Crippen molar-refractivity contribution in [3.8, 4) is 0 Å². The largest absolute Gasteiger partial charge is 0.394 e. The average Bonchev–Trinajstić information content (AvgIpc) is 2.27. The first-order valence-corrected chi connectivity index (χ1v) is 4.78. The molecule has 0 heterocycles. The third-order valence-corrected chi connectivity index (χ3v) is 2.32. The van der Waals surface area contributed by atoms with E-state index in [1.54, 1.807) is 24.3 Å². The maximum Gasteiger partial charge on any atom is 0.112 e. The number of hydrogen-bond donors (Lipinski definition) is 4. The van der Waals surface area contributed by atoms with Gasteiger partial charge in [0.25, 0.3) is 0 Å². The van der Waals surface area contributed by atoms with Gasteiger partial charge in [0, 0.05) is 0 Å². The second-order valence-corrected chi connectivity index (χ2v) is 3.60. The third-order valence-electron chi connectivity index (χ3n) is 2.32. The highest BCUT2D eigenvalue weighted by Gasteiger charge is 2.25. The van der Waals surface area contributed by atoms with E-state index in [9.17, 15) is 10.2 Å². The molecule has 1 rings (SSSR count). The van der Waals surface area contributed by atoms with Gasteiger partial charge >= 0.3 is 0 Å². The first kappa shape index (κ1) is 12.1. The van der Waals surface area contributed by atoms with Crippen molar-refractivity contribution in [1.29, 1.82) is 0 Å². The van der Waals surface area contributed by atoms with Crippen LogP contribution < -0.4 is 0 Å². The lowest BCUT2D eigenvalue weighted by Crippen LogP contribution is -2.34. The first-order valence-electron chi connectivity index (χ1n) is 4.78. The van der Waals surface area contributed by atoms with E-state index in [0.717, 1.165) is 5.56 Å². The fourth-order valence-corrected chi connectivity index (χ4v) is 1.28. The topological polar surface area (TPSA) is 80.9 Å². The lowest BCUT2D eigenvalue weighted by molar-refractivity contribution is -0.0776. The van der Waals surface area contributed by atoms with Crippen molar-refractivity contribution >= 4 is 0 Å². The van der Waals surface area contributed by atoms with Crippen molar-refractivity contribution in [2.45, 2.75) is 25.2 Å². The molecule has 4 heteroatoms. The normalized spacial score (nSPS) is 17.1. The number of aliphatic hydroxyl groups excluding tert-OH is 4. The molecule has 0 aromatic heterocycles. The van der Waals surface area contributed by atoms with E-state index in [2.05, 4.69) is 0 Å². The monoisotopic (exact) mass is 212 g/mol. The number of rotatable bonds is 4. The quantitative estimate of drug-likeness (QED) is 0.554. The van der Waals surface area contributed by atoms with Crippen molar-refractivity contribution in [3.05, 3.63) is 35.4 Å². The van der Waals surface area contributed by atoms with Crippen LogP contribution in [0, 0.1) is 6.92 Å². The number of benzene rings is 1. The molecule has 0 fully saturated rings. The summed E-state index contributed by atoms with van der Waals surface area (Å²) < 4.78 is 0. The van der Waals surface area contributed by atoms with E-state index in [1.165, 1.54) is 0 Å². The summed E-state index contributed by atoms with van der Waals surface area (Å²) in [5.74, 6) is 0. The first-order chi connectivity index (χ1) is 7.06. The molecular formula is C11H16O4. The van der Waals surface area contributed by atoms with Gasteiger partial charge in [0.15, 0.2) is 0 Å². The highest BCUT2D eigenvalue weighted by atomic mass is 16.4. The Bertz CT molecular complexity index is 296. The van der Waals surface area contributed by atoms with Crippen LogP contribution >= 0.6 is 0 Å². The van der Waals surface area contributed by atoms with Gasteiger partial charge in [0.05, 0.1) is 6.61 Å². The summed E-state index contributed by atoms with van der Waals surface area (Å²) in [4.78, 5) is 0. The van der Waals surface area contributed by atoms with Gasteiger partial charge in [-0.15, -0.1) is 0 Å². The van der Waals surface area contributed by atoms with Crippen molar-refractivity contribution in [2.24, 2.45) is 0 Å². The van der Waals surface area contributed by atoms with Gasteiger partial charge in [-0.2, -0.15) is 0 Å². The fraction of sp³-hybridized carbons (Fsp3) is 0.455. The third kappa shape index (κ3) is 3.00. The Balaban J connectivity index is 2.75. The van der Waals surface area contributed by atoms with E-state index in [4.69, 9.17) is 10.2 Å². The zero-order valence-corrected chi connectivity index (χ0v) is 8.54. The van der Waals surface area contributed by atoms with Crippen LogP contribution in [0.2, 0.25) is 0 Å². The summed E-state index contributed by atoms with van der Waals surface area (Å²) >= 11 is 0. The second-order valence-electron chi connectivity index (χ2n) is 3.60. The van der Waals surface area contributed by atoms with Crippen LogP contribution in [0.5, 0.6) is 0 Å². The van der Waals surface area contributed by atoms with E-state index in [-0.39, 0.29) is 0 Å². The maximum atomic E-state index is 9.66. The standard InChI is InChI=1S/C11H16O4/c1-7-2-4-8(5-3-7)10(14)11(15)9(13)6-12/h2-5,9-15H,6H2,1H3. The van der Waals surface area contributed by atoms with Crippen LogP contribution in [-0.4, -0.2) is 39.2 Å². The average molecular weight is 212 g/mol. The van der Waals surface area contributed by atoms with Gasteiger partial charge in [0.1, 0.15) is 18.3 Å². The molecule has 3 atom stereocenters. The van der Waals surface area contributed by atoms with Crippen molar-refractivity contribution < 1.29 is 20.4 Å². The molecule has 4 nitrogen and oxygen atoms in total. The predicted molar refractivity (Wildman–Crippen MR) is 55.2 cm³/mol.